The Hall–Kier alpha value is -3.94. The monoisotopic (exact) mass is 513 g/mol. The number of H-pyrrole nitrogens is 1. The second-order valence-electron chi connectivity index (χ2n) is 10.5. The van der Waals surface area contributed by atoms with Gasteiger partial charge in [-0.25, -0.2) is 14.5 Å². The number of esters is 1. The van der Waals surface area contributed by atoms with Gasteiger partial charge in [-0.05, 0) is 88.3 Å². The van der Waals surface area contributed by atoms with Gasteiger partial charge < -0.3 is 9.72 Å². The summed E-state index contributed by atoms with van der Waals surface area (Å²) in [6.45, 7) is 8.17. The molecule has 0 spiro atoms. The van der Waals surface area contributed by atoms with Crippen LogP contribution in [0, 0.1) is 11.8 Å². The Bertz CT molecular complexity index is 1390. The summed E-state index contributed by atoms with van der Waals surface area (Å²) in [5.74, 6) is 0.494. The number of pyridine rings is 1. The lowest BCUT2D eigenvalue weighted by Gasteiger charge is -2.32. The highest BCUT2D eigenvalue weighted by Crippen LogP contribution is 2.33. The van der Waals surface area contributed by atoms with Crippen molar-refractivity contribution in [3.8, 4) is 16.9 Å². The first-order valence-electron chi connectivity index (χ1n) is 13.5. The van der Waals surface area contributed by atoms with Gasteiger partial charge in [-0.3, -0.25) is 9.69 Å². The number of benzene rings is 1. The molecule has 0 radical (unpaired) electrons. The first-order chi connectivity index (χ1) is 18.4. The number of carbonyl (C=O) groups is 2. The number of aromatic amines is 1. The van der Waals surface area contributed by atoms with E-state index in [9.17, 15) is 9.59 Å². The van der Waals surface area contributed by atoms with E-state index >= 15 is 0 Å². The fraction of sp³-hybridized carbons (Fsp3) is 0.400. The number of nitrogens with zero attached hydrogens (tertiary/aromatic N) is 4. The summed E-state index contributed by atoms with van der Waals surface area (Å²) < 4.78 is 7.01. The summed E-state index contributed by atoms with van der Waals surface area (Å²) in [6, 6.07) is 13.7. The maximum atomic E-state index is 13.7. The molecule has 3 heterocycles. The summed E-state index contributed by atoms with van der Waals surface area (Å²) in [7, 11) is 0. The number of carbonyl (C=O) groups excluding carboxylic acids is 2. The minimum Gasteiger partial charge on any atom is -0.462 e. The van der Waals surface area contributed by atoms with Crippen LogP contribution in [0.2, 0.25) is 0 Å². The van der Waals surface area contributed by atoms with E-state index in [1.165, 1.54) is 0 Å². The van der Waals surface area contributed by atoms with Crippen LogP contribution in [0.15, 0.2) is 54.9 Å². The zero-order valence-electron chi connectivity index (χ0n) is 22.5. The highest BCUT2D eigenvalue weighted by atomic mass is 16.5. The lowest BCUT2D eigenvalue weighted by Crippen LogP contribution is -2.43. The first-order valence-corrected chi connectivity index (χ1v) is 13.5. The van der Waals surface area contributed by atoms with Crippen LogP contribution in [0.3, 0.4) is 0 Å². The smallest absolute Gasteiger partial charge is 0.343 e. The highest BCUT2D eigenvalue weighted by Gasteiger charge is 2.34. The van der Waals surface area contributed by atoms with Gasteiger partial charge in [-0.1, -0.05) is 19.1 Å². The van der Waals surface area contributed by atoms with E-state index in [4.69, 9.17) is 9.84 Å². The van der Waals surface area contributed by atoms with E-state index in [1.807, 2.05) is 50.2 Å². The number of hydrogen-bond donors (Lipinski definition) is 1. The van der Waals surface area contributed by atoms with Gasteiger partial charge in [0.1, 0.15) is 11.2 Å². The molecule has 1 saturated carbocycles. The number of fused-ring (bicyclic) bond motifs is 1. The Labute approximate surface area is 223 Å². The van der Waals surface area contributed by atoms with Crippen LogP contribution in [-0.4, -0.2) is 44.3 Å². The van der Waals surface area contributed by atoms with Crippen LogP contribution >= 0.6 is 0 Å². The SMILES string of the molecule is CCOC(=O)c1cn(-c2ccc(-c3cc4cccnc4[nH]3)cc2)nc1N(C(=O)C1CCC(C)CC1)C(C)C. The molecule has 1 aliphatic rings. The number of aromatic nitrogens is 4. The van der Waals surface area contributed by atoms with Crippen molar-refractivity contribution >= 4 is 28.7 Å². The van der Waals surface area contributed by atoms with Crippen molar-refractivity contribution in [3.05, 3.63) is 60.4 Å². The molecule has 1 aliphatic carbocycles. The van der Waals surface area contributed by atoms with Gasteiger partial charge >= 0.3 is 5.97 Å². The zero-order valence-corrected chi connectivity index (χ0v) is 22.5. The van der Waals surface area contributed by atoms with Crippen molar-refractivity contribution in [1.82, 2.24) is 19.7 Å². The number of ether oxygens (including phenoxy) is 1. The molecule has 0 atom stereocenters. The minimum absolute atomic E-state index is 0.0328. The van der Waals surface area contributed by atoms with Crippen LogP contribution in [0.25, 0.3) is 28.0 Å². The molecule has 0 unspecified atom stereocenters. The Kier molecular flexibility index (Phi) is 7.31. The van der Waals surface area contributed by atoms with Crippen LogP contribution < -0.4 is 4.90 Å². The quantitative estimate of drug-likeness (QED) is 0.299. The normalized spacial score (nSPS) is 17.6. The molecule has 3 aromatic heterocycles. The third-order valence-corrected chi connectivity index (χ3v) is 7.37. The van der Waals surface area contributed by atoms with E-state index < -0.39 is 5.97 Å². The highest BCUT2D eigenvalue weighted by molar-refractivity contribution is 6.02. The van der Waals surface area contributed by atoms with E-state index in [-0.39, 0.29) is 24.5 Å². The lowest BCUT2D eigenvalue weighted by molar-refractivity contribution is -0.124. The van der Waals surface area contributed by atoms with Crippen LogP contribution in [0.5, 0.6) is 0 Å². The Morgan fingerprint density at radius 3 is 2.53 bits per heavy atom. The fourth-order valence-electron chi connectivity index (χ4n) is 5.24. The van der Waals surface area contributed by atoms with Crippen molar-refractivity contribution in [3.63, 3.8) is 0 Å². The van der Waals surface area contributed by atoms with Crippen molar-refractivity contribution in [2.75, 3.05) is 11.5 Å². The third kappa shape index (κ3) is 5.08. The largest absolute Gasteiger partial charge is 0.462 e. The molecule has 8 nitrogen and oxygen atoms in total. The number of anilines is 1. The lowest BCUT2D eigenvalue weighted by atomic mass is 9.82. The first kappa shape index (κ1) is 25.7. The topological polar surface area (TPSA) is 93.1 Å². The zero-order chi connectivity index (χ0) is 26.8. The number of amides is 1. The number of nitrogens with one attached hydrogen (secondary N) is 1. The van der Waals surface area contributed by atoms with Crippen molar-refractivity contribution in [2.24, 2.45) is 11.8 Å². The molecular weight excluding hydrogens is 478 g/mol. The summed E-state index contributed by atoms with van der Waals surface area (Å²) >= 11 is 0. The molecule has 198 valence electrons. The van der Waals surface area contributed by atoms with E-state index in [0.29, 0.717) is 17.3 Å². The van der Waals surface area contributed by atoms with Gasteiger partial charge in [0, 0.05) is 35.4 Å². The average Bonchev–Trinajstić information content (AvgIpc) is 3.54. The Morgan fingerprint density at radius 2 is 1.87 bits per heavy atom. The van der Waals surface area contributed by atoms with Crippen molar-refractivity contribution in [1.29, 1.82) is 0 Å². The fourth-order valence-corrected chi connectivity index (χ4v) is 5.24. The van der Waals surface area contributed by atoms with Gasteiger partial charge in [0.05, 0.1) is 12.3 Å². The molecule has 0 aliphatic heterocycles. The predicted octanol–water partition coefficient (Wildman–Crippen LogP) is 6.16. The van der Waals surface area contributed by atoms with Crippen molar-refractivity contribution < 1.29 is 14.3 Å². The van der Waals surface area contributed by atoms with Gasteiger partial charge in [0.15, 0.2) is 5.82 Å². The van der Waals surface area contributed by atoms with E-state index in [1.54, 1.807) is 28.9 Å². The predicted molar refractivity (Wildman–Crippen MR) is 148 cm³/mol. The summed E-state index contributed by atoms with van der Waals surface area (Å²) in [4.78, 5) is 36.1. The molecule has 0 saturated heterocycles. The number of rotatable bonds is 7. The molecule has 1 aromatic carbocycles. The second-order valence-corrected chi connectivity index (χ2v) is 10.5. The maximum Gasteiger partial charge on any atom is 0.343 e. The van der Waals surface area contributed by atoms with Crippen molar-refractivity contribution in [2.45, 2.75) is 59.4 Å². The molecule has 1 fully saturated rings. The van der Waals surface area contributed by atoms with Gasteiger partial charge in [-0.2, -0.15) is 0 Å². The molecule has 5 rings (SSSR count). The standard InChI is InChI=1S/C30H35N5O3/c1-5-38-30(37)25-18-34(33-28(25)35(19(2)3)29(36)22-10-8-20(4)9-11-22)24-14-12-21(13-15-24)26-17-23-7-6-16-31-27(23)32-26/h6-7,12-20,22H,5,8-11H2,1-4H3,(H,31,32). The average molecular weight is 514 g/mol. The van der Waals surface area contributed by atoms with Crippen LogP contribution in [0.1, 0.15) is 63.7 Å². The van der Waals surface area contributed by atoms with Crippen LogP contribution in [-0.2, 0) is 9.53 Å². The van der Waals surface area contributed by atoms with E-state index in [2.05, 4.69) is 23.0 Å². The molecular formula is C30H35N5O3. The maximum absolute atomic E-state index is 13.7. The molecule has 4 aromatic rings. The number of hydrogen-bond acceptors (Lipinski definition) is 5. The minimum atomic E-state index is -0.480. The molecule has 1 amide bonds. The second kappa shape index (κ2) is 10.8. The van der Waals surface area contributed by atoms with Gasteiger partial charge in [-0.15, -0.1) is 5.10 Å². The van der Waals surface area contributed by atoms with E-state index in [0.717, 1.165) is 53.7 Å². The van der Waals surface area contributed by atoms with Gasteiger partial charge in [0.2, 0.25) is 5.91 Å². The molecule has 38 heavy (non-hydrogen) atoms. The molecule has 8 heteroatoms. The Morgan fingerprint density at radius 1 is 1.13 bits per heavy atom. The third-order valence-electron chi connectivity index (χ3n) is 7.37. The molecule has 1 N–H and O–H groups in total. The Balaban J connectivity index is 1.48. The molecule has 0 bridgehead atoms. The van der Waals surface area contributed by atoms with Crippen LogP contribution in [0.4, 0.5) is 5.82 Å². The summed E-state index contributed by atoms with van der Waals surface area (Å²) in [5, 5.41) is 5.83. The summed E-state index contributed by atoms with van der Waals surface area (Å²) in [6.07, 6.45) is 7.25. The summed E-state index contributed by atoms with van der Waals surface area (Å²) in [5.41, 5.74) is 3.90. The van der Waals surface area contributed by atoms with Gasteiger partial charge in [0.25, 0.3) is 0 Å².